The number of nitrogens with zero attached hydrogens (tertiary/aromatic N) is 2. The number of amides is 1. The monoisotopic (exact) mass is 272 g/mol. The van der Waals surface area contributed by atoms with Crippen molar-refractivity contribution in [2.75, 3.05) is 5.73 Å². The van der Waals surface area contributed by atoms with Gasteiger partial charge in [0, 0.05) is 13.6 Å². The van der Waals surface area contributed by atoms with E-state index >= 15 is 0 Å². The van der Waals surface area contributed by atoms with Gasteiger partial charge in [0.25, 0.3) is 5.91 Å². The van der Waals surface area contributed by atoms with Gasteiger partial charge in [0.15, 0.2) is 0 Å². The summed E-state index contributed by atoms with van der Waals surface area (Å²) in [6.07, 6.45) is 0.713. The number of hydrogen-bond donors (Lipinski definition) is 2. The fourth-order valence-corrected chi connectivity index (χ4v) is 2.10. The van der Waals surface area contributed by atoms with Crippen molar-refractivity contribution in [3.8, 4) is 0 Å². The average molecular weight is 272 g/mol. The number of hydrogen-bond acceptors (Lipinski definition) is 3. The Labute approximate surface area is 118 Å². The summed E-state index contributed by atoms with van der Waals surface area (Å²) >= 11 is 0. The normalized spacial score (nSPS) is 10.6. The van der Waals surface area contributed by atoms with E-state index in [9.17, 15) is 4.79 Å². The third-order valence-electron chi connectivity index (χ3n) is 3.28. The Morgan fingerprint density at radius 1 is 1.35 bits per heavy atom. The molecular formula is C15H20N4O. The Balaban J connectivity index is 2.09. The first-order chi connectivity index (χ1) is 9.52. The van der Waals surface area contributed by atoms with E-state index in [-0.39, 0.29) is 5.91 Å². The van der Waals surface area contributed by atoms with Crippen LogP contribution < -0.4 is 11.1 Å². The Bertz CT molecular complexity index is 614. The number of nitrogens with two attached hydrogens (primary N) is 1. The molecule has 5 nitrogen and oxygen atoms in total. The van der Waals surface area contributed by atoms with E-state index in [0.717, 1.165) is 11.3 Å². The minimum Gasteiger partial charge on any atom is -0.395 e. The maximum absolute atomic E-state index is 12.2. The number of anilines is 1. The van der Waals surface area contributed by atoms with Crippen LogP contribution in [-0.4, -0.2) is 15.7 Å². The van der Waals surface area contributed by atoms with Crippen molar-refractivity contribution in [2.45, 2.75) is 26.8 Å². The zero-order valence-corrected chi connectivity index (χ0v) is 12.1. The summed E-state index contributed by atoms with van der Waals surface area (Å²) in [6.45, 7) is 4.48. The lowest BCUT2D eigenvalue weighted by Crippen LogP contribution is -2.26. The van der Waals surface area contributed by atoms with Crippen molar-refractivity contribution >= 4 is 11.6 Å². The van der Waals surface area contributed by atoms with Crippen molar-refractivity contribution in [3.05, 3.63) is 46.8 Å². The number of nitrogen functional groups attached to an aromatic ring is 1. The molecule has 1 heterocycles. The molecule has 2 aromatic rings. The molecule has 1 amide bonds. The highest BCUT2D eigenvalue weighted by molar-refractivity contribution is 5.97. The largest absolute Gasteiger partial charge is 0.395 e. The van der Waals surface area contributed by atoms with Crippen LogP contribution in [0.4, 0.5) is 5.69 Å². The minimum atomic E-state index is -0.197. The molecule has 3 N–H and O–H groups in total. The molecule has 0 spiro atoms. The van der Waals surface area contributed by atoms with Gasteiger partial charge >= 0.3 is 0 Å². The zero-order chi connectivity index (χ0) is 14.7. The Kier molecular flexibility index (Phi) is 4.08. The third-order valence-corrected chi connectivity index (χ3v) is 3.28. The maximum atomic E-state index is 12.2. The van der Waals surface area contributed by atoms with Crippen LogP contribution in [-0.2, 0) is 20.0 Å². The highest BCUT2D eigenvalue weighted by atomic mass is 16.2. The first-order valence-corrected chi connectivity index (χ1v) is 6.68. The Hall–Kier alpha value is -2.30. The van der Waals surface area contributed by atoms with Gasteiger partial charge in [-0.15, -0.1) is 0 Å². The smallest absolute Gasteiger partial charge is 0.271 e. The van der Waals surface area contributed by atoms with Crippen molar-refractivity contribution < 1.29 is 4.79 Å². The van der Waals surface area contributed by atoms with Crippen LogP contribution in [0.1, 0.15) is 34.2 Å². The van der Waals surface area contributed by atoms with Crippen LogP contribution in [0.3, 0.4) is 0 Å². The number of rotatable bonds is 4. The number of aryl methyl sites for hydroxylation is 3. The van der Waals surface area contributed by atoms with Crippen LogP contribution in [0.2, 0.25) is 0 Å². The molecular weight excluding hydrogens is 252 g/mol. The van der Waals surface area contributed by atoms with Gasteiger partial charge in [-0.1, -0.05) is 36.8 Å². The standard InChI is InChI=1S/C15H20N4O/c1-4-12-13(16)14(19(3)18-12)15(20)17-9-11-7-5-10(2)6-8-11/h5-8H,4,9,16H2,1-3H3,(H,17,20). The van der Waals surface area contributed by atoms with Crippen LogP contribution in [0.25, 0.3) is 0 Å². The van der Waals surface area contributed by atoms with Gasteiger partial charge in [0.05, 0.1) is 11.4 Å². The fourth-order valence-electron chi connectivity index (χ4n) is 2.10. The summed E-state index contributed by atoms with van der Waals surface area (Å²) in [7, 11) is 1.73. The van der Waals surface area contributed by atoms with Crippen molar-refractivity contribution in [1.29, 1.82) is 0 Å². The first-order valence-electron chi connectivity index (χ1n) is 6.68. The number of carbonyl (C=O) groups excluding carboxylic acids is 1. The van der Waals surface area contributed by atoms with Gasteiger partial charge in [0.2, 0.25) is 0 Å². The van der Waals surface area contributed by atoms with E-state index in [0.29, 0.717) is 24.3 Å². The fraction of sp³-hybridized carbons (Fsp3) is 0.333. The molecule has 106 valence electrons. The van der Waals surface area contributed by atoms with E-state index in [4.69, 9.17) is 5.73 Å². The van der Waals surface area contributed by atoms with Crippen LogP contribution >= 0.6 is 0 Å². The summed E-state index contributed by atoms with van der Waals surface area (Å²) in [5, 5.41) is 7.12. The second kappa shape index (κ2) is 5.77. The van der Waals surface area contributed by atoms with Gasteiger partial charge in [0.1, 0.15) is 5.69 Å². The van der Waals surface area contributed by atoms with Gasteiger partial charge in [-0.05, 0) is 18.9 Å². The summed E-state index contributed by atoms with van der Waals surface area (Å²) < 4.78 is 1.54. The van der Waals surface area contributed by atoms with Gasteiger partial charge in [-0.2, -0.15) is 5.10 Å². The first kappa shape index (κ1) is 14.1. The maximum Gasteiger partial charge on any atom is 0.271 e. The van der Waals surface area contributed by atoms with Crippen LogP contribution in [0.15, 0.2) is 24.3 Å². The van der Waals surface area contributed by atoms with Crippen molar-refractivity contribution in [1.82, 2.24) is 15.1 Å². The molecule has 1 aromatic heterocycles. The van der Waals surface area contributed by atoms with E-state index in [1.165, 1.54) is 5.56 Å². The average Bonchev–Trinajstić information content (AvgIpc) is 2.72. The number of carbonyl (C=O) groups is 1. The Morgan fingerprint density at radius 2 is 2.00 bits per heavy atom. The third kappa shape index (κ3) is 2.82. The lowest BCUT2D eigenvalue weighted by atomic mass is 10.1. The summed E-state index contributed by atoms with van der Waals surface area (Å²) in [6, 6.07) is 8.05. The molecule has 0 aliphatic heterocycles. The summed E-state index contributed by atoms with van der Waals surface area (Å²) in [5.74, 6) is -0.197. The summed E-state index contributed by atoms with van der Waals surface area (Å²) in [4.78, 5) is 12.2. The van der Waals surface area contributed by atoms with E-state index < -0.39 is 0 Å². The highest BCUT2D eigenvalue weighted by Crippen LogP contribution is 2.16. The Morgan fingerprint density at radius 3 is 2.55 bits per heavy atom. The second-order valence-electron chi connectivity index (χ2n) is 4.85. The molecule has 0 unspecified atom stereocenters. The second-order valence-corrected chi connectivity index (χ2v) is 4.85. The molecule has 0 aliphatic carbocycles. The van der Waals surface area contributed by atoms with E-state index in [1.54, 1.807) is 11.7 Å². The predicted octanol–water partition coefficient (Wildman–Crippen LogP) is 1.80. The molecule has 0 saturated heterocycles. The quantitative estimate of drug-likeness (QED) is 0.891. The van der Waals surface area contributed by atoms with Gasteiger partial charge in [-0.3, -0.25) is 9.48 Å². The molecule has 0 saturated carbocycles. The lowest BCUT2D eigenvalue weighted by molar-refractivity contribution is 0.0942. The number of nitrogens with one attached hydrogen (secondary N) is 1. The van der Waals surface area contributed by atoms with Crippen molar-refractivity contribution in [2.24, 2.45) is 7.05 Å². The predicted molar refractivity (Wildman–Crippen MR) is 79.3 cm³/mol. The van der Waals surface area contributed by atoms with Crippen LogP contribution in [0.5, 0.6) is 0 Å². The molecule has 0 fully saturated rings. The molecule has 2 rings (SSSR count). The number of aromatic nitrogens is 2. The lowest BCUT2D eigenvalue weighted by Gasteiger charge is -2.07. The highest BCUT2D eigenvalue weighted by Gasteiger charge is 2.18. The molecule has 0 aliphatic rings. The molecule has 20 heavy (non-hydrogen) atoms. The SMILES string of the molecule is CCc1nn(C)c(C(=O)NCc2ccc(C)cc2)c1N. The molecule has 0 radical (unpaired) electrons. The van der Waals surface area contributed by atoms with E-state index in [1.807, 2.05) is 38.1 Å². The van der Waals surface area contributed by atoms with Gasteiger partial charge in [-0.25, -0.2) is 0 Å². The summed E-state index contributed by atoms with van der Waals surface area (Å²) in [5.41, 5.74) is 9.87. The van der Waals surface area contributed by atoms with Crippen molar-refractivity contribution in [3.63, 3.8) is 0 Å². The van der Waals surface area contributed by atoms with Gasteiger partial charge < -0.3 is 11.1 Å². The molecule has 0 atom stereocenters. The minimum absolute atomic E-state index is 0.197. The zero-order valence-electron chi connectivity index (χ0n) is 12.1. The number of benzene rings is 1. The molecule has 1 aromatic carbocycles. The van der Waals surface area contributed by atoms with Crippen LogP contribution in [0, 0.1) is 6.92 Å². The molecule has 0 bridgehead atoms. The topological polar surface area (TPSA) is 72.9 Å². The van der Waals surface area contributed by atoms with E-state index in [2.05, 4.69) is 10.4 Å². The molecule has 5 heteroatoms.